The number of aryl methyl sites for hydroxylation is 1. The van der Waals surface area contributed by atoms with E-state index in [0.717, 1.165) is 28.9 Å². The van der Waals surface area contributed by atoms with Gasteiger partial charge in [-0.1, -0.05) is 29.5 Å². The monoisotopic (exact) mass is 437 g/mol. The van der Waals surface area contributed by atoms with E-state index in [-0.39, 0.29) is 17.3 Å². The first-order valence-corrected chi connectivity index (χ1v) is 10.3. The summed E-state index contributed by atoms with van der Waals surface area (Å²) in [5.41, 5.74) is 2.98. The number of halogens is 2. The van der Waals surface area contributed by atoms with Crippen LogP contribution in [0.5, 0.6) is 0 Å². The lowest BCUT2D eigenvalue weighted by Crippen LogP contribution is -2.15. The zero-order valence-electron chi connectivity index (χ0n) is 16.4. The molecule has 0 aliphatic heterocycles. The number of pyridine rings is 1. The minimum atomic E-state index is -1.02. The van der Waals surface area contributed by atoms with Crippen LogP contribution in [0, 0.1) is 18.6 Å². The van der Waals surface area contributed by atoms with E-state index in [1.54, 1.807) is 12.4 Å². The Bertz CT molecular complexity index is 1210. The third-order valence-electron chi connectivity index (χ3n) is 4.40. The quantitative estimate of drug-likeness (QED) is 0.445. The topological polar surface area (TPSA) is 72.7 Å². The summed E-state index contributed by atoms with van der Waals surface area (Å²) in [7, 11) is 0. The Hall–Kier alpha value is -3.59. The van der Waals surface area contributed by atoms with Crippen molar-refractivity contribution in [2.75, 3.05) is 11.1 Å². The molecule has 0 saturated heterocycles. The molecule has 4 aromatic rings. The van der Waals surface area contributed by atoms with Crippen LogP contribution in [0.3, 0.4) is 0 Å². The Kier molecular flexibility index (Phi) is 6.03. The van der Waals surface area contributed by atoms with Gasteiger partial charge in [-0.05, 0) is 43.3 Å². The highest BCUT2D eigenvalue weighted by Gasteiger charge is 2.17. The maximum absolute atomic E-state index is 13.4. The zero-order chi connectivity index (χ0) is 21.8. The van der Waals surface area contributed by atoms with Gasteiger partial charge in [0.2, 0.25) is 5.91 Å². The summed E-state index contributed by atoms with van der Waals surface area (Å²) in [6.07, 6.45) is 3.34. The van der Waals surface area contributed by atoms with Crippen LogP contribution in [0.1, 0.15) is 5.56 Å². The molecule has 2 heterocycles. The van der Waals surface area contributed by atoms with Crippen molar-refractivity contribution >= 4 is 23.4 Å². The minimum Gasteiger partial charge on any atom is -0.325 e. The molecule has 0 aliphatic carbocycles. The van der Waals surface area contributed by atoms with E-state index >= 15 is 0 Å². The summed E-state index contributed by atoms with van der Waals surface area (Å²) in [5, 5.41) is 11.6. The van der Waals surface area contributed by atoms with Crippen molar-refractivity contribution in [3.05, 3.63) is 84.2 Å². The van der Waals surface area contributed by atoms with Crippen LogP contribution in [0.15, 0.2) is 72.1 Å². The predicted octanol–water partition coefficient (Wildman–Crippen LogP) is 4.65. The number of rotatable bonds is 6. The van der Waals surface area contributed by atoms with Crippen molar-refractivity contribution in [3.63, 3.8) is 0 Å². The molecule has 0 atom stereocenters. The van der Waals surface area contributed by atoms with E-state index in [9.17, 15) is 13.6 Å². The first-order valence-electron chi connectivity index (χ1n) is 9.32. The Balaban J connectivity index is 1.57. The van der Waals surface area contributed by atoms with Gasteiger partial charge in [-0.15, -0.1) is 10.2 Å². The smallest absolute Gasteiger partial charge is 0.234 e. The molecule has 9 heteroatoms. The lowest BCUT2D eigenvalue weighted by atomic mass is 10.2. The van der Waals surface area contributed by atoms with Crippen LogP contribution in [-0.2, 0) is 4.79 Å². The van der Waals surface area contributed by atoms with Gasteiger partial charge < -0.3 is 5.32 Å². The lowest BCUT2D eigenvalue weighted by molar-refractivity contribution is -0.113. The number of anilines is 1. The first kappa shape index (κ1) is 20.7. The largest absolute Gasteiger partial charge is 0.325 e. The number of nitrogens with zero attached hydrogens (tertiary/aromatic N) is 4. The number of hydrogen-bond acceptors (Lipinski definition) is 5. The molecule has 0 radical (unpaired) electrons. The Labute approximate surface area is 181 Å². The van der Waals surface area contributed by atoms with Crippen LogP contribution in [-0.4, -0.2) is 31.4 Å². The van der Waals surface area contributed by atoms with Gasteiger partial charge in [-0.3, -0.25) is 14.3 Å². The SMILES string of the molecule is Cc1ccc(-n2c(SCC(=O)Nc3ccc(F)c(F)c3)nnc2-c2ccncc2)cc1. The molecule has 31 heavy (non-hydrogen) atoms. The van der Waals surface area contributed by atoms with E-state index in [0.29, 0.717) is 11.0 Å². The van der Waals surface area contributed by atoms with Gasteiger partial charge in [0.25, 0.3) is 0 Å². The minimum absolute atomic E-state index is 0.0132. The molecule has 0 saturated carbocycles. The molecule has 0 fully saturated rings. The maximum Gasteiger partial charge on any atom is 0.234 e. The van der Waals surface area contributed by atoms with Crippen molar-refractivity contribution in [1.82, 2.24) is 19.7 Å². The van der Waals surface area contributed by atoms with E-state index < -0.39 is 11.6 Å². The molecular formula is C22H17F2N5OS. The molecule has 0 unspecified atom stereocenters. The highest BCUT2D eigenvalue weighted by Crippen LogP contribution is 2.28. The predicted molar refractivity (Wildman–Crippen MR) is 115 cm³/mol. The molecule has 2 aromatic heterocycles. The fraction of sp³-hybridized carbons (Fsp3) is 0.0909. The van der Waals surface area contributed by atoms with Crippen LogP contribution in [0.4, 0.5) is 14.5 Å². The standard InChI is InChI=1S/C22H17F2N5OS/c1-14-2-5-17(6-3-14)29-21(15-8-10-25-11-9-15)27-28-22(29)31-13-20(30)26-16-4-7-18(23)19(24)12-16/h2-12H,13H2,1H3,(H,26,30). The summed E-state index contributed by atoms with van der Waals surface area (Å²) in [4.78, 5) is 16.4. The third-order valence-corrected chi connectivity index (χ3v) is 5.33. The Morgan fingerprint density at radius 3 is 2.45 bits per heavy atom. The van der Waals surface area contributed by atoms with Gasteiger partial charge >= 0.3 is 0 Å². The van der Waals surface area contributed by atoms with Gasteiger partial charge in [-0.2, -0.15) is 0 Å². The fourth-order valence-electron chi connectivity index (χ4n) is 2.88. The molecule has 0 bridgehead atoms. The van der Waals surface area contributed by atoms with E-state index in [4.69, 9.17) is 0 Å². The summed E-state index contributed by atoms with van der Waals surface area (Å²) < 4.78 is 28.3. The van der Waals surface area contributed by atoms with Crippen LogP contribution in [0.2, 0.25) is 0 Å². The molecule has 156 valence electrons. The molecule has 2 aromatic carbocycles. The van der Waals surface area contributed by atoms with Crippen LogP contribution in [0.25, 0.3) is 17.1 Å². The maximum atomic E-state index is 13.4. The molecular weight excluding hydrogens is 420 g/mol. The van der Waals surface area contributed by atoms with E-state index in [1.165, 1.54) is 17.8 Å². The summed E-state index contributed by atoms with van der Waals surface area (Å²) in [6.45, 7) is 2.00. The number of thioether (sulfide) groups is 1. The summed E-state index contributed by atoms with van der Waals surface area (Å²) in [5.74, 6) is -1.73. The summed E-state index contributed by atoms with van der Waals surface area (Å²) in [6, 6.07) is 14.7. The second-order valence-electron chi connectivity index (χ2n) is 6.68. The highest BCUT2D eigenvalue weighted by molar-refractivity contribution is 7.99. The van der Waals surface area contributed by atoms with Crippen LogP contribution >= 0.6 is 11.8 Å². The number of benzene rings is 2. The van der Waals surface area contributed by atoms with Crippen molar-refractivity contribution in [3.8, 4) is 17.1 Å². The van der Waals surface area contributed by atoms with Gasteiger partial charge in [0.05, 0.1) is 5.75 Å². The Morgan fingerprint density at radius 2 is 1.74 bits per heavy atom. The fourth-order valence-corrected chi connectivity index (χ4v) is 3.63. The molecule has 0 aliphatic rings. The first-order chi connectivity index (χ1) is 15.0. The van der Waals surface area contributed by atoms with Gasteiger partial charge in [0.1, 0.15) is 0 Å². The summed E-state index contributed by atoms with van der Waals surface area (Å²) >= 11 is 1.19. The van der Waals surface area contributed by atoms with Crippen molar-refractivity contribution < 1.29 is 13.6 Å². The number of hydrogen-bond donors (Lipinski definition) is 1. The van der Waals surface area contributed by atoms with Crippen molar-refractivity contribution in [2.45, 2.75) is 12.1 Å². The van der Waals surface area contributed by atoms with E-state index in [2.05, 4.69) is 20.5 Å². The van der Waals surface area contributed by atoms with E-state index in [1.807, 2.05) is 47.9 Å². The molecule has 1 amide bonds. The average molecular weight is 437 g/mol. The van der Waals surface area contributed by atoms with Gasteiger partial charge in [0, 0.05) is 35.4 Å². The lowest BCUT2D eigenvalue weighted by Gasteiger charge is -2.11. The zero-order valence-corrected chi connectivity index (χ0v) is 17.2. The molecule has 1 N–H and O–H groups in total. The van der Waals surface area contributed by atoms with Gasteiger partial charge in [-0.25, -0.2) is 8.78 Å². The van der Waals surface area contributed by atoms with Crippen molar-refractivity contribution in [2.24, 2.45) is 0 Å². The number of carbonyl (C=O) groups is 1. The third kappa shape index (κ3) is 4.77. The normalized spacial score (nSPS) is 10.8. The number of amides is 1. The van der Waals surface area contributed by atoms with Crippen molar-refractivity contribution in [1.29, 1.82) is 0 Å². The number of carbonyl (C=O) groups excluding carboxylic acids is 1. The van der Waals surface area contributed by atoms with Crippen LogP contribution < -0.4 is 5.32 Å². The average Bonchev–Trinajstić information content (AvgIpc) is 3.20. The molecule has 6 nitrogen and oxygen atoms in total. The second kappa shape index (κ2) is 9.05. The number of nitrogens with one attached hydrogen (secondary N) is 1. The number of aromatic nitrogens is 4. The second-order valence-corrected chi connectivity index (χ2v) is 7.62. The highest BCUT2D eigenvalue weighted by atomic mass is 32.2. The molecule has 0 spiro atoms. The Morgan fingerprint density at radius 1 is 1.00 bits per heavy atom. The molecule has 4 rings (SSSR count). The van der Waals surface area contributed by atoms with Gasteiger partial charge in [0.15, 0.2) is 22.6 Å².